The lowest BCUT2D eigenvalue weighted by Gasteiger charge is -2.08. The van der Waals surface area contributed by atoms with Crippen molar-refractivity contribution in [2.45, 2.75) is 6.54 Å². The van der Waals surface area contributed by atoms with E-state index in [1.165, 1.54) is 13.3 Å². The number of carbonyl (C=O) groups is 1. The first-order valence-electron chi connectivity index (χ1n) is 5.72. The van der Waals surface area contributed by atoms with Gasteiger partial charge in [0.25, 0.3) is 0 Å². The summed E-state index contributed by atoms with van der Waals surface area (Å²) >= 11 is 0. The third-order valence-electron chi connectivity index (χ3n) is 2.59. The number of hydrogen-bond donors (Lipinski definition) is 2. The highest BCUT2D eigenvalue weighted by atomic mass is 19.1. The van der Waals surface area contributed by atoms with E-state index in [1.54, 1.807) is 18.3 Å². The molecule has 0 saturated carbocycles. The van der Waals surface area contributed by atoms with Crippen LogP contribution in [-0.2, 0) is 6.54 Å². The number of methoxy groups -OCH3 is 1. The lowest BCUT2D eigenvalue weighted by molar-refractivity contribution is 0.0692. The van der Waals surface area contributed by atoms with Crippen LogP contribution in [0.4, 0.5) is 10.2 Å². The second-order valence-corrected chi connectivity index (χ2v) is 3.89. The molecule has 0 bridgehead atoms. The van der Waals surface area contributed by atoms with E-state index in [1.807, 2.05) is 0 Å². The van der Waals surface area contributed by atoms with Gasteiger partial charge in [-0.05, 0) is 17.7 Å². The summed E-state index contributed by atoms with van der Waals surface area (Å²) in [4.78, 5) is 18.5. The molecule has 0 spiro atoms. The van der Waals surface area contributed by atoms with Gasteiger partial charge in [0.2, 0.25) is 5.88 Å². The Hall–Kier alpha value is -2.70. The van der Waals surface area contributed by atoms with Gasteiger partial charge in [-0.2, -0.15) is 0 Å². The highest BCUT2D eigenvalue weighted by molar-refractivity contribution is 5.88. The summed E-state index contributed by atoms with van der Waals surface area (Å²) < 4.78 is 18.8. The van der Waals surface area contributed by atoms with Crippen LogP contribution in [0.3, 0.4) is 0 Å². The number of nitrogens with one attached hydrogen (secondary N) is 1. The zero-order valence-electron chi connectivity index (χ0n) is 10.6. The minimum absolute atomic E-state index is 0.110. The van der Waals surface area contributed by atoms with Crippen molar-refractivity contribution >= 4 is 11.8 Å². The highest BCUT2D eigenvalue weighted by Gasteiger charge is 2.14. The molecule has 6 nitrogen and oxygen atoms in total. The molecule has 2 aromatic heterocycles. The first-order valence-corrected chi connectivity index (χ1v) is 5.72. The van der Waals surface area contributed by atoms with Crippen molar-refractivity contribution in [1.29, 1.82) is 0 Å². The van der Waals surface area contributed by atoms with Crippen LogP contribution in [0.2, 0.25) is 0 Å². The van der Waals surface area contributed by atoms with Crippen LogP contribution in [0, 0.1) is 5.82 Å². The van der Waals surface area contributed by atoms with Gasteiger partial charge in [-0.15, -0.1) is 0 Å². The Balaban J connectivity index is 2.14. The third-order valence-corrected chi connectivity index (χ3v) is 2.59. The van der Waals surface area contributed by atoms with E-state index in [9.17, 15) is 9.18 Å². The molecule has 0 fully saturated rings. The normalized spacial score (nSPS) is 10.1. The fourth-order valence-electron chi connectivity index (χ4n) is 1.59. The van der Waals surface area contributed by atoms with Crippen LogP contribution in [-0.4, -0.2) is 28.2 Å². The molecule has 0 aromatic carbocycles. The Morgan fingerprint density at radius 3 is 2.85 bits per heavy atom. The fourth-order valence-corrected chi connectivity index (χ4v) is 1.59. The maximum Gasteiger partial charge on any atom is 0.338 e. The predicted molar refractivity (Wildman–Crippen MR) is 69.3 cm³/mol. The Morgan fingerprint density at radius 2 is 2.15 bits per heavy atom. The third kappa shape index (κ3) is 3.00. The zero-order chi connectivity index (χ0) is 14.5. The number of aromatic carboxylic acids is 1. The van der Waals surface area contributed by atoms with Crippen LogP contribution < -0.4 is 10.1 Å². The molecule has 0 aliphatic heterocycles. The number of rotatable bonds is 5. The summed E-state index contributed by atoms with van der Waals surface area (Å²) in [6.45, 7) is 0.270. The van der Waals surface area contributed by atoms with Gasteiger partial charge >= 0.3 is 5.97 Å². The molecule has 2 N–H and O–H groups in total. The lowest BCUT2D eigenvalue weighted by atomic mass is 10.2. The summed E-state index contributed by atoms with van der Waals surface area (Å²) in [6, 6.07) is 4.53. The van der Waals surface area contributed by atoms with Crippen molar-refractivity contribution in [3.8, 4) is 5.88 Å². The summed E-state index contributed by atoms with van der Waals surface area (Å²) in [6.07, 6.45) is 2.80. The van der Waals surface area contributed by atoms with Gasteiger partial charge in [0.05, 0.1) is 7.11 Å². The molecule has 0 atom stereocenters. The van der Waals surface area contributed by atoms with Crippen molar-refractivity contribution in [2.24, 2.45) is 0 Å². The van der Waals surface area contributed by atoms with Gasteiger partial charge in [-0.1, -0.05) is 0 Å². The molecule has 7 heteroatoms. The second kappa shape index (κ2) is 5.96. The highest BCUT2D eigenvalue weighted by Crippen LogP contribution is 2.16. The molecule has 2 heterocycles. The molecule has 0 unspecified atom stereocenters. The SMILES string of the molecule is COc1cc(CNc2nccc(C(=O)O)c2F)ccn1. The summed E-state index contributed by atoms with van der Waals surface area (Å²) in [7, 11) is 1.50. The number of aromatic nitrogens is 2. The van der Waals surface area contributed by atoms with Crippen molar-refractivity contribution in [2.75, 3.05) is 12.4 Å². The fraction of sp³-hybridized carbons (Fsp3) is 0.154. The van der Waals surface area contributed by atoms with Crippen molar-refractivity contribution in [3.05, 3.63) is 47.5 Å². The number of anilines is 1. The summed E-state index contributed by atoms with van der Waals surface area (Å²) in [5.41, 5.74) is 0.383. The van der Waals surface area contributed by atoms with Gasteiger partial charge in [0.1, 0.15) is 5.56 Å². The minimum Gasteiger partial charge on any atom is -0.481 e. The van der Waals surface area contributed by atoms with Crippen LogP contribution >= 0.6 is 0 Å². The molecule has 0 aliphatic carbocycles. The Kier molecular flexibility index (Phi) is 4.09. The molecule has 104 valence electrons. The Morgan fingerprint density at radius 1 is 1.40 bits per heavy atom. The maximum absolute atomic E-state index is 13.8. The number of hydrogen-bond acceptors (Lipinski definition) is 5. The molecule has 2 rings (SSSR count). The van der Waals surface area contributed by atoms with E-state index < -0.39 is 17.3 Å². The maximum atomic E-state index is 13.8. The number of carboxylic acids is 1. The molecule has 2 aromatic rings. The molecule has 0 aliphatic rings. The van der Waals surface area contributed by atoms with E-state index in [0.29, 0.717) is 5.88 Å². The van der Waals surface area contributed by atoms with Gasteiger partial charge in [0, 0.05) is 25.0 Å². The smallest absolute Gasteiger partial charge is 0.338 e. The summed E-state index contributed by atoms with van der Waals surface area (Å²) in [5.74, 6) is -1.89. The number of carboxylic acid groups (broad SMARTS) is 1. The quantitative estimate of drug-likeness (QED) is 0.868. The monoisotopic (exact) mass is 277 g/mol. The second-order valence-electron chi connectivity index (χ2n) is 3.89. The average molecular weight is 277 g/mol. The zero-order valence-corrected chi connectivity index (χ0v) is 10.6. The number of ether oxygens (including phenoxy) is 1. The number of nitrogens with zero attached hydrogens (tertiary/aromatic N) is 2. The largest absolute Gasteiger partial charge is 0.481 e. The van der Waals surface area contributed by atoms with Crippen molar-refractivity contribution < 1.29 is 19.0 Å². The van der Waals surface area contributed by atoms with E-state index >= 15 is 0 Å². The number of halogens is 1. The first kappa shape index (κ1) is 13.7. The van der Waals surface area contributed by atoms with Gasteiger partial charge in [-0.25, -0.2) is 19.2 Å². The predicted octanol–water partition coefficient (Wildman–Crippen LogP) is 1.93. The minimum atomic E-state index is -1.33. The average Bonchev–Trinajstić information content (AvgIpc) is 2.46. The lowest BCUT2D eigenvalue weighted by Crippen LogP contribution is -2.08. The van der Waals surface area contributed by atoms with Gasteiger partial charge in [-0.3, -0.25) is 0 Å². The van der Waals surface area contributed by atoms with E-state index in [-0.39, 0.29) is 12.4 Å². The van der Waals surface area contributed by atoms with Crippen LogP contribution in [0.1, 0.15) is 15.9 Å². The molecular weight excluding hydrogens is 265 g/mol. The standard InChI is InChI=1S/C13H12FN3O3/c1-20-10-6-8(2-4-15-10)7-17-12-11(14)9(13(18)19)3-5-16-12/h2-6H,7H2,1H3,(H,16,17)(H,18,19). The summed E-state index contributed by atoms with van der Waals surface area (Å²) in [5, 5.41) is 11.6. The van der Waals surface area contributed by atoms with Gasteiger partial charge in [0.15, 0.2) is 11.6 Å². The first-order chi connectivity index (χ1) is 9.61. The Labute approximate surface area is 114 Å². The van der Waals surface area contributed by atoms with Crippen LogP contribution in [0.15, 0.2) is 30.6 Å². The van der Waals surface area contributed by atoms with E-state index in [4.69, 9.17) is 9.84 Å². The Bertz CT molecular complexity index is 634. The topological polar surface area (TPSA) is 84.3 Å². The van der Waals surface area contributed by atoms with Gasteiger partial charge < -0.3 is 15.2 Å². The molecule has 0 radical (unpaired) electrons. The van der Waals surface area contributed by atoms with E-state index in [2.05, 4.69) is 15.3 Å². The molecule has 0 amide bonds. The van der Waals surface area contributed by atoms with Crippen molar-refractivity contribution in [3.63, 3.8) is 0 Å². The number of pyridine rings is 2. The van der Waals surface area contributed by atoms with Crippen molar-refractivity contribution in [1.82, 2.24) is 9.97 Å². The van der Waals surface area contributed by atoms with E-state index in [0.717, 1.165) is 11.6 Å². The molecule has 20 heavy (non-hydrogen) atoms. The van der Waals surface area contributed by atoms with Crippen LogP contribution in [0.5, 0.6) is 5.88 Å². The molecular formula is C13H12FN3O3. The van der Waals surface area contributed by atoms with Crippen LogP contribution in [0.25, 0.3) is 0 Å². The molecule has 0 saturated heterocycles.